The van der Waals surface area contributed by atoms with E-state index in [0.29, 0.717) is 5.69 Å². The summed E-state index contributed by atoms with van der Waals surface area (Å²) in [5.41, 5.74) is 5.64. The van der Waals surface area contributed by atoms with Crippen LogP contribution in [0.15, 0.2) is 24.3 Å². The Kier molecular flexibility index (Phi) is 1.82. The zero-order valence-electron chi connectivity index (χ0n) is 5.73. The van der Waals surface area contributed by atoms with Crippen molar-refractivity contribution in [3.8, 4) is 0 Å². The summed E-state index contributed by atoms with van der Waals surface area (Å²) in [5, 5.41) is 26.0. The summed E-state index contributed by atoms with van der Waals surface area (Å²) in [7, 11) is 0. The van der Waals surface area contributed by atoms with Crippen LogP contribution in [0.2, 0.25) is 0 Å². The predicted octanol–water partition coefficient (Wildman–Crippen LogP) is -0.644. The van der Waals surface area contributed by atoms with Crippen LogP contribution >= 0.6 is 0 Å². The Morgan fingerprint density at radius 3 is 2.18 bits per heavy atom. The fourth-order valence-electron chi connectivity index (χ4n) is 0.747. The quantitative estimate of drug-likeness (QED) is 0.321. The minimum Gasteiger partial charge on any atom is -0.399 e. The zero-order valence-corrected chi connectivity index (χ0v) is 5.73. The number of benzene rings is 1. The number of rotatable bonds is 1. The Labute approximate surface area is 63.5 Å². The van der Waals surface area contributed by atoms with Crippen LogP contribution in [0.5, 0.6) is 0 Å². The van der Waals surface area contributed by atoms with E-state index >= 15 is 0 Å². The molecule has 0 aromatic heterocycles. The minimum absolute atomic E-state index is 0.0440. The lowest BCUT2D eigenvalue weighted by atomic mass is 10.2. The number of aliphatic hydroxyl groups is 3. The van der Waals surface area contributed by atoms with Gasteiger partial charge in [0.25, 0.3) is 0 Å². The number of nitrogen functional groups attached to an aromatic ring is 1. The van der Waals surface area contributed by atoms with Crippen molar-refractivity contribution in [3.63, 3.8) is 0 Å². The van der Waals surface area contributed by atoms with Gasteiger partial charge in [-0.25, -0.2) is 0 Å². The largest absolute Gasteiger partial charge is 0.399 e. The van der Waals surface area contributed by atoms with Gasteiger partial charge in [0.15, 0.2) is 0 Å². The maximum Gasteiger partial charge on any atom is 0.304 e. The van der Waals surface area contributed by atoms with E-state index in [-0.39, 0.29) is 5.56 Å². The highest BCUT2D eigenvalue weighted by atomic mass is 16.7. The topological polar surface area (TPSA) is 86.7 Å². The van der Waals surface area contributed by atoms with E-state index in [9.17, 15) is 0 Å². The molecule has 0 aliphatic carbocycles. The van der Waals surface area contributed by atoms with Crippen molar-refractivity contribution < 1.29 is 15.3 Å². The first-order valence-corrected chi connectivity index (χ1v) is 3.03. The molecule has 0 aliphatic heterocycles. The van der Waals surface area contributed by atoms with Gasteiger partial charge in [-0.2, -0.15) is 0 Å². The average molecular weight is 155 g/mol. The molecular weight excluding hydrogens is 146 g/mol. The van der Waals surface area contributed by atoms with Gasteiger partial charge in [-0.3, -0.25) is 0 Å². The van der Waals surface area contributed by atoms with Gasteiger partial charge in [-0.05, 0) is 12.1 Å². The highest BCUT2D eigenvalue weighted by molar-refractivity contribution is 5.41. The SMILES string of the molecule is Nc1cccc(C(O)(O)O)c1. The van der Waals surface area contributed by atoms with Crippen molar-refractivity contribution >= 4 is 5.69 Å². The molecule has 11 heavy (non-hydrogen) atoms. The number of anilines is 1. The van der Waals surface area contributed by atoms with E-state index in [4.69, 9.17) is 21.1 Å². The van der Waals surface area contributed by atoms with E-state index in [0.717, 1.165) is 0 Å². The van der Waals surface area contributed by atoms with Crippen LogP contribution in [-0.4, -0.2) is 15.3 Å². The van der Waals surface area contributed by atoms with Crippen molar-refractivity contribution in [1.29, 1.82) is 0 Å². The van der Waals surface area contributed by atoms with Crippen LogP contribution < -0.4 is 5.73 Å². The lowest BCUT2D eigenvalue weighted by molar-refractivity contribution is -0.323. The fraction of sp³-hybridized carbons (Fsp3) is 0.143. The lowest BCUT2D eigenvalue weighted by Crippen LogP contribution is -2.23. The zero-order chi connectivity index (χ0) is 8.48. The predicted molar refractivity (Wildman–Crippen MR) is 39.2 cm³/mol. The summed E-state index contributed by atoms with van der Waals surface area (Å²) >= 11 is 0. The second kappa shape index (κ2) is 2.50. The second-order valence-corrected chi connectivity index (χ2v) is 2.26. The molecule has 0 amide bonds. The molecule has 1 aromatic rings. The average Bonchev–Trinajstić information content (AvgIpc) is 1.86. The molecule has 0 atom stereocenters. The molecule has 0 bridgehead atoms. The Bertz CT molecular complexity index is 254. The van der Waals surface area contributed by atoms with E-state index in [1.807, 2.05) is 0 Å². The van der Waals surface area contributed by atoms with Crippen LogP contribution in [0.1, 0.15) is 5.56 Å². The minimum atomic E-state index is -2.80. The molecule has 0 aliphatic rings. The molecule has 0 radical (unpaired) electrons. The van der Waals surface area contributed by atoms with Gasteiger partial charge >= 0.3 is 5.97 Å². The molecule has 1 rings (SSSR count). The Morgan fingerprint density at radius 2 is 1.82 bits per heavy atom. The Balaban J connectivity index is 3.06. The van der Waals surface area contributed by atoms with Gasteiger partial charge in [0.05, 0.1) is 0 Å². The molecule has 60 valence electrons. The highest BCUT2D eigenvalue weighted by Crippen LogP contribution is 2.16. The normalized spacial score (nSPS) is 11.5. The summed E-state index contributed by atoms with van der Waals surface area (Å²) in [6, 6.07) is 5.73. The molecule has 0 unspecified atom stereocenters. The van der Waals surface area contributed by atoms with Gasteiger partial charge < -0.3 is 21.1 Å². The number of hydrogen-bond donors (Lipinski definition) is 4. The summed E-state index contributed by atoms with van der Waals surface area (Å²) in [5.74, 6) is -2.80. The van der Waals surface area contributed by atoms with E-state index < -0.39 is 5.97 Å². The van der Waals surface area contributed by atoms with Crippen LogP contribution in [0, 0.1) is 0 Å². The molecule has 0 saturated carbocycles. The van der Waals surface area contributed by atoms with Crippen LogP contribution in [-0.2, 0) is 5.97 Å². The molecule has 0 saturated heterocycles. The molecule has 0 spiro atoms. The summed E-state index contributed by atoms with van der Waals surface area (Å²) in [6.45, 7) is 0. The van der Waals surface area contributed by atoms with Crippen molar-refractivity contribution in [2.75, 3.05) is 5.73 Å². The number of hydrogen-bond acceptors (Lipinski definition) is 4. The molecule has 4 nitrogen and oxygen atoms in total. The third-order valence-electron chi connectivity index (χ3n) is 1.27. The van der Waals surface area contributed by atoms with Crippen molar-refractivity contribution in [2.24, 2.45) is 0 Å². The van der Waals surface area contributed by atoms with E-state index in [2.05, 4.69) is 0 Å². The first kappa shape index (κ1) is 8.00. The molecular formula is C7H9NO3. The van der Waals surface area contributed by atoms with Gasteiger partial charge in [0.1, 0.15) is 0 Å². The third-order valence-corrected chi connectivity index (χ3v) is 1.27. The van der Waals surface area contributed by atoms with Crippen molar-refractivity contribution in [3.05, 3.63) is 29.8 Å². The first-order chi connectivity index (χ1) is 5.00. The highest BCUT2D eigenvalue weighted by Gasteiger charge is 2.20. The third kappa shape index (κ3) is 1.91. The maximum atomic E-state index is 8.67. The number of nitrogens with two attached hydrogens (primary N) is 1. The van der Waals surface area contributed by atoms with Crippen molar-refractivity contribution in [1.82, 2.24) is 0 Å². The maximum absolute atomic E-state index is 8.67. The molecule has 4 heteroatoms. The van der Waals surface area contributed by atoms with Crippen LogP contribution in [0.25, 0.3) is 0 Å². The van der Waals surface area contributed by atoms with E-state index in [1.165, 1.54) is 18.2 Å². The smallest absolute Gasteiger partial charge is 0.304 e. The summed E-state index contributed by atoms with van der Waals surface area (Å²) < 4.78 is 0. The van der Waals surface area contributed by atoms with Gasteiger partial charge in [-0.1, -0.05) is 12.1 Å². The monoisotopic (exact) mass is 155 g/mol. The molecule has 0 fully saturated rings. The van der Waals surface area contributed by atoms with Gasteiger partial charge in [0, 0.05) is 11.3 Å². The standard InChI is InChI=1S/C7H9NO3/c8-6-3-1-2-5(4-6)7(9,10)11/h1-4,9-11H,8H2. The van der Waals surface area contributed by atoms with Crippen LogP contribution in [0.4, 0.5) is 5.69 Å². The van der Waals surface area contributed by atoms with Crippen molar-refractivity contribution in [2.45, 2.75) is 5.97 Å². The summed E-state index contributed by atoms with van der Waals surface area (Å²) in [6.07, 6.45) is 0. The first-order valence-electron chi connectivity index (χ1n) is 3.03. The molecule has 0 heterocycles. The lowest BCUT2D eigenvalue weighted by Gasteiger charge is -2.13. The van der Waals surface area contributed by atoms with Gasteiger partial charge in [-0.15, -0.1) is 0 Å². The Morgan fingerprint density at radius 1 is 1.18 bits per heavy atom. The van der Waals surface area contributed by atoms with Crippen LogP contribution in [0.3, 0.4) is 0 Å². The molecule has 1 aromatic carbocycles. The Hall–Kier alpha value is -1.10. The van der Waals surface area contributed by atoms with Gasteiger partial charge in [0.2, 0.25) is 0 Å². The van der Waals surface area contributed by atoms with E-state index in [1.54, 1.807) is 6.07 Å². The second-order valence-electron chi connectivity index (χ2n) is 2.26. The molecule has 5 N–H and O–H groups in total. The summed E-state index contributed by atoms with van der Waals surface area (Å²) in [4.78, 5) is 0. The fourth-order valence-corrected chi connectivity index (χ4v) is 0.747.